The molecule has 1 fully saturated rings. The second-order valence-corrected chi connectivity index (χ2v) is 5.46. The minimum Gasteiger partial charge on any atom is -0.330 e. The van der Waals surface area contributed by atoms with Gasteiger partial charge in [0, 0.05) is 12.0 Å². The Balaban J connectivity index is 2.11. The van der Waals surface area contributed by atoms with Crippen molar-refractivity contribution in [2.24, 2.45) is 11.1 Å². The van der Waals surface area contributed by atoms with Crippen molar-refractivity contribution in [2.75, 3.05) is 6.54 Å². The molecule has 2 N–H and O–H groups in total. The molecule has 0 aromatic heterocycles. The van der Waals surface area contributed by atoms with Gasteiger partial charge in [-0.25, -0.2) is 0 Å². The maximum Gasteiger partial charge on any atom is 0.163 e. The SMILES string of the molecule is Cc1ccc(C(=O)CC2(CN)CCC2)cc1C. The smallest absolute Gasteiger partial charge is 0.163 e. The Bertz CT molecular complexity index is 427. The van der Waals surface area contributed by atoms with E-state index in [4.69, 9.17) is 5.73 Å². The molecule has 1 aliphatic carbocycles. The van der Waals surface area contributed by atoms with Gasteiger partial charge >= 0.3 is 0 Å². The number of benzene rings is 1. The summed E-state index contributed by atoms with van der Waals surface area (Å²) in [5.74, 6) is 0.248. The highest BCUT2D eigenvalue weighted by Crippen LogP contribution is 2.43. The average Bonchev–Trinajstić information content (AvgIpc) is 2.27. The molecule has 1 aliphatic rings. The fourth-order valence-electron chi connectivity index (χ4n) is 2.49. The van der Waals surface area contributed by atoms with Crippen LogP contribution in [0.3, 0.4) is 0 Å². The molecule has 1 aromatic carbocycles. The molecular weight excluding hydrogens is 210 g/mol. The molecule has 2 nitrogen and oxygen atoms in total. The Hall–Kier alpha value is -1.15. The fourth-order valence-corrected chi connectivity index (χ4v) is 2.49. The lowest BCUT2D eigenvalue weighted by molar-refractivity contribution is 0.0786. The summed E-state index contributed by atoms with van der Waals surface area (Å²) in [5, 5.41) is 0. The zero-order chi connectivity index (χ0) is 12.5. The van der Waals surface area contributed by atoms with Crippen LogP contribution >= 0.6 is 0 Å². The summed E-state index contributed by atoms with van der Waals surface area (Å²) in [6, 6.07) is 5.96. The highest BCUT2D eigenvalue weighted by molar-refractivity contribution is 5.96. The number of hydrogen-bond acceptors (Lipinski definition) is 2. The van der Waals surface area contributed by atoms with E-state index in [1.165, 1.54) is 17.5 Å². The van der Waals surface area contributed by atoms with Crippen molar-refractivity contribution in [2.45, 2.75) is 39.5 Å². The number of hydrogen-bond donors (Lipinski definition) is 1. The number of aryl methyl sites for hydroxylation is 2. The quantitative estimate of drug-likeness (QED) is 0.809. The Labute approximate surface area is 103 Å². The number of carbonyl (C=O) groups is 1. The maximum atomic E-state index is 12.2. The summed E-state index contributed by atoms with van der Waals surface area (Å²) >= 11 is 0. The van der Waals surface area contributed by atoms with Gasteiger partial charge in [-0.2, -0.15) is 0 Å². The lowest BCUT2D eigenvalue weighted by Crippen LogP contribution is -2.39. The van der Waals surface area contributed by atoms with E-state index in [1.807, 2.05) is 25.1 Å². The number of carbonyl (C=O) groups excluding carboxylic acids is 1. The van der Waals surface area contributed by atoms with E-state index < -0.39 is 0 Å². The molecule has 0 heterocycles. The van der Waals surface area contributed by atoms with Gasteiger partial charge in [0.2, 0.25) is 0 Å². The topological polar surface area (TPSA) is 43.1 Å². The summed E-state index contributed by atoms with van der Waals surface area (Å²) in [6.45, 7) is 4.76. The van der Waals surface area contributed by atoms with Crippen LogP contribution in [0.15, 0.2) is 18.2 Å². The first-order valence-electron chi connectivity index (χ1n) is 6.37. The van der Waals surface area contributed by atoms with Crippen LogP contribution in [0.25, 0.3) is 0 Å². The van der Waals surface area contributed by atoms with Crippen molar-refractivity contribution in [3.8, 4) is 0 Å². The number of Topliss-reactive ketones (excluding diaryl/α,β-unsaturated/α-hetero) is 1. The fraction of sp³-hybridized carbons (Fsp3) is 0.533. The first-order chi connectivity index (χ1) is 8.06. The Kier molecular flexibility index (Phi) is 3.34. The van der Waals surface area contributed by atoms with Gasteiger partial charge < -0.3 is 5.73 Å². The van der Waals surface area contributed by atoms with Crippen LogP contribution in [-0.2, 0) is 0 Å². The van der Waals surface area contributed by atoms with Crippen LogP contribution in [0.1, 0.15) is 47.2 Å². The number of ketones is 1. The molecule has 2 rings (SSSR count). The highest BCUT2D eigenvalue weighted by atomic mass is 16.1. The normalized spacial score (nSPS) is 17.6. The van der Waals surface area contributed by atoms with Gasteiger partial charge in [0.25, 0.3) is 0 Å². The zero-order valence-corrected chi connectivity index (χ0v) is 10.8. The average molecular weight is 231 g/mol. The monoisotopic (exact) mass is 231 g/mol. The summed E-state index contributed by atoms with van der Waals surface area (Å²) in [7, 11) is 0. The third-order valence-corrected chi connectivity index (χ3v) is 4.21. The van der Waals surface area contributed by atoms with E-state index in [-0.39, 0.29) is 11.2 Å². The summed E-state index contributed by atoms with van der Waals surface area (Å²) in [6.07, 6.45) is 4.06. The second-order valence-electron chi connectivity index (χ2n) is 5.46. The van der Waals surface area contributed by atoms with E-state index in [0.717, 1.165) is 18.4 Å². The lowest BCUT2D eigenvalue weighted by Gasteiger charge is -2.40. The van der Waals surface area contributed by atoms with Crippen molar-refractivity contribution >= 4 is 5.78 Å². The van der Waals surface area contributed by atoms with Gasteiger partial charge in [-0.3, -0.25) is 4.79 Å². The van der Waals surface area contributed by atoms with Crippen LogP contribution < -0.4 is 5.73 Å². The van der Waals surface area contributed by atoms with Gasteiger partial charge in [-0.1, -0.05) is 18.6 Å². The molecule has 0 atom stereocenters. The molecule has 92 valence electrons. The molecule has 2 heteroatoms. The first-order valence-corrected chi connectivity index (χ1v) is 6.37. The number of rotatable bonds is 4. The van der Waals surface area contributed by atoms with Gasteiger partial charge in [-0.15, -0.1) is 0 Å². The molecule has 0 unspecified atom stereocenters. The van der Waals surface area contributed by atoms with Crippen LogP contribution in [0, 0.1) is 19.3 Å². The predicted molar refractivity (Wildman–Crippen MR) is 70.2 cm³/mol. The van der Waals surface area contributed by atoms with Gasteiger partial charge in [0.1, 0.15) is 0 Å². The van der Waals surface area contributed by atoms with E-state index >= 15 is 0 Å². The number of nitrogens with two attached hydrogens (primary N) is 1. The van der Waals surface area contributed by atoms with Crippen molar-refractivity contribution in [1.82, 2.24) is 0 Å². The largest absolute Gasteiger partial charge is 0.330 e. The molecule has 17 heavy (non-hydrogen) atoms. The van der Waals surface area contributed by atoms with Crippen molar-refractivity contribution < 1.29 is 4.79 Å². The minimum absolute atomic E-state index is 0.107. The molecule has 0 saturated heterocycles. The molecule has 0 radical (unpaired) electrons. The van der Waals surface area contributed by atoms with Gasteiger partial charge in [-0.05, 0) is 55.8 Å². The Morgan fingerprint density at radius 3 is 2.47 bits per heavy atom. The molecule has 0 bridgehead atoms. The second kappa shape index (κ2) is 4.61. The molecular formula is C15H21NO. The molecule has 1 aromatic rings. The Morgan fingerprint density at radius 1 is 1.29 bits per heavy atom. The van der Waals surface area contributed by atoms with E-state index in [9.17, 15) is 4.79 Å². The van der Waals surface area contributed by atoms with Crippen molar-refractivity contribution in [3.05, 3.63) is 34.9 Å². The van der Waals surface area contributed by atoms with Crippen LogP contribution in [0.5, 0.6) is 0 Å². The van der Waals surface area contributed by atoms with Crippen LogP contribution in [0.4, 0.5) is 0 Å². The van der Waals surface area contributed by atoms with E-state index in [1.54, 1.807) is 0 Å². The molecule has 1 saturated carbocycles. The minimum atomic E-state index is 0.107. The van der Waals surface area contributed by atoms with Gasteiger partial charge in [0.15, 0.2) is 5.78 Å². The standard InChI is InChI=1S/C15H21NO/c1-11-4-5-13(8-12(11)2)14(17)9-15(10-16)6-3-7-15/h4-5,8H,3,6-7,9-10,16H2,1-2H3. The van der Waals surface area contributed by atoms with Crippen LogP contribution in [-0.4, -0.2) is 12.3 Å². The first kappa shape index (κ1) is 12.3. The van der Waals surface area contributed by atoms with Crippen molar-refractivity contribution in [3.63, 3.8) is 0 Å². The molecule has 0 spiro atoms. The van der Waals surface area contributed by atoms with E-state index in [2.05, 4.69) is 6.92 Å². The molecule has 0 amide bonds. The van der Waals surface area contributed by atoms with Crippen molar-refractivity contribution in [1.29, 1.82) is 0 Å². The third kappa shape index (κ3) is 2.42. The van der Waals surface area contributed by atoms with E-state index in [0.29, 0.717) is 13.0 Å². The van der Waals surface area contributed by atoms with Crippen LogP contribution in [0.2, 0.25) is 0 Å². The summed E-state index contributed by atoms with van der Waals surface area (Å²) < 4.78 is 0. The lowest BCUT2D eigenvalue weighted by atomic mass is 9.65. The summed E-state index contributed by atoms with van der Waals surface area (Å²) in [4.78, 5) is 12.2. The third-order valence-electron chi connectivity index (χ3n) is 4.21. The highest BCUT2D eigenvalue weighted by Gasteiger charge is 2.37. The Morgan fingerprint density at radius 2 is 2.00 bits per heavy atom. The maximum absolute atomic E-state index is 12.2. The molecule has 0 aliphatic heterocycles. The predicted octanol–water partition coefficient (Wildman–Crippen LogP) is 3.01. The van der Waals surface area contributed by atoms with Gasteiger partial charge in [0.05, 0.1) is 0 Å². The zero-order valence-electron chi connectivity index (χ0n) is 10.8. The summed E-state index contributed by atoms with van der Waals surface area (Å²) in [5.41, 5.74) is 9.17.